The number of aromatic nitrogens is 1. The highest BCUT2D eigenvalue weighted by Gasteiger charge is 2.58. The molecule has 3 aliphatic carbocycles. The van der Waals surface area contributed by atoms with Crippen LogP contribution in [0.2, 0.25) is 0 Å². The van der Waals surface area contributed by atoms with Gasteiger partial charge in [-0.15, -0.1) is 0 Å². The van der Waals surface area contributed by atoms with E-state index >= 15 is 0 Å². The third-order valence-corrected chi connectivity index (χ3v) is 6.85. The van der Waals surface area contributed by atoms with Crippen LogP contribution in [0, 0.1) is 23.1 Å². The first-order valence-electron chi connectivity index (χ1n) is 8.55. The number of fused-ring (bicyclic) bond motifs is 6. The van der Waals surface area contributed by atoms with Crippen LogP contribution in [-0.4, -0.2) is 22.3 Å². The lowest BCUT2D eigenvalue weighted by molar-refractivity contribution is -0.143. The van der Waals surface area contributed by atoms with E-state index in [0.717, 1.165) is 42.9 Å². The van der Waals surface area contributed by atoms with Crippen LogP contribution in [-0.2, 0) is 4.79 Å². The molecule has 1 aromatic rings. The molecule has 2 bridgehead atoms. The van der Waals surface area contributed by atoms with Gasteiger partial charge in [-0.25, -0.2) is 4.39 Å². The number of hydrogen-bond donors (Lipinski definition) is 0. The molecule has 1 amide bonds. The quantitative estimate of drug-likeness (QED) is 0.796. The highest BCUT2D eigenvalue weighted by atomic mass is 19.1. The predicted octanol–water partition coefficient (Wildman–Crippen LogP) is 3.42. The van der Waals surface area contributed by atoms with Crippen LogP contribution < -0.4 is 0 Å². The Labute approximate surface area is 129 Å². The average Bonchev–Trinajstić information content (AvgIpc) is 3.15. The Bertz CT molecular complexity index is 665. The van der Waals surface area contributed by atoms with Gasteiger partial charge in [0.25, 0.3) is 0 Å². The zero-order chi connectivity index (χ0) is 15.1. The van der Waals surface area contributed by atoms with E-state index in [2.05, 4.69) is 16.8 Å². The van der Waals surface area contributed by atoms with Crippen molar-refractivity contribution in [2.45, 2.75) is 51.0 Å². The van der Waals surface area contributed by atoms with Gasteiger partial charge in [-0.1, -0.05) is 6.92 Å². The first-order valence-corrected chi connectivity index (χ1v) is 8.55. The number of nitrogens with zero attached hydrogens (tertiary/aromatic N) is 2. The predicted molar refractivity (Wildman–Crippen MR) is 79.6 cm³/mol. The number of amides is 1. The molecule has 0 N–H and O–H groups in total. The molecule has 116 valence electrons. The molecular weight excluding hydrogens is 279 g/mol. The Balaban J connectivity index is 1.51. The van der Waals surface area contributed by atoms with Crippen molar-refractivity contribution in [2.24, 2.45) is 17.3 Å². The van der Waals surface area contributed by atoms with Gasteiger partial charge in [0.05, 0.1) is 12.2 Å². The van der Waals surface area contributed by atoms with Gasteiger partial charge in [-0.3, -0.25) is 9.78 Å². The fourth-order valence-electron chi connectivity index (χ4n) is 5.80. The molecule has 4 aliphatic rings. The summed E-state index contributed by atoms with van der Waals surface area (Å²) in [6.45, 7) is 2.92. The Hall–Kier alpha value is -1.45. The number of halogens is 1. The minimum absolute atomic E-state index is 0.0784. The molecule has 3 atom stereocenters. The second kappa shape index (κ2) is 4.09. The number of carbonyl (C=O) groups excluding carboxylic acids is 1. The molecule has 2 saturated carbocycles. The molecule has 1 unspecified atom stereocenters. The minimum atomic E-state index is -0.195. The molecule has 1 saturated heterocycles. The van der Waals surface area contributed by atoms with Crippen LogP contribution in [0.25, 0.3) is 0 Å². The number of hydrogen-bond acceptors (Lipinski definition) is 2. The van der Waals surface area contributed by atoms with Crippen LogP contribution in [0.15, 0.2) is 12.4 Å². The van der Waals surface area contributed by atoms with Crippen molar-refractivity contribution < 1.29 is 9.18 Å². The summed E-state index contributed by atoms with van der Waals surface area (Å²) in [5, 5.41) is 0. The molecule has 1 aromatic heterocycles. The van der Waals surface area contributed by atoms with Gasteiger partial charge in [-0.05, 0) is 43.9 Å². The zero-order valence-corrected chi connectivity index (χ0v) is 12.9. The Morgan fingerprint density at radius 1 is 1.36 bits per heavy atom. The SMILES string of the molecule is C[C@H]1CN(C(=O)C23CCC(CC2)C3)[C@@H]2c3cncc(F)c3C21. The maximum absolute atomic E-state index is 14.1. The largest absolute Gasteiger partial charge is 0.334 e. The first kappa shape index (κ1) is 13.0. The molecule has 2 heterocycles. The second-order valence-electron chi connectivity index (χ2n) is 7.96. The van der Waals surface area contributed by atoms with E-state index < -0.39 is 0 Å². The summed E-state index contributed by atoms with van der Waals surface area (Å²) in [7, 11) is 0. The van der Waals surface area contributed by atoms with Crippen molar-refractivity contribution in [3.63, 3.8) is 0 Å². The molecular formula is C18H21FN2O. The van der Waals surface area contributed by atoms with E-state index in [1.807, 2.05) is 0 Å². The summed E-state index contributed by atoms with van der Waals surface area (Å²) in [4.78, 5) is 19.4. The van der Waals surface area contributed by atoms with Gasteiger partial charge in [0.2, 0.25) is 5.91 Å². The van der Waals surface area contributed by atoms with E-state index in [1.54, 1.807) is 6.20 Å². The van der Waals surface area contributed by atoms with Crippen LogP contribution in [0.4, 0.5) is 4.39 Å². The maximum Gasteiger partial charge on any atom is 0.229 e. The molecule has 4 heteroatoms. The fourth-order valence-corrected chi connectivity index (χ4v) is 5.80. The van der Waals surface area contributed by atoms with Crippen LogP contribution in [0.3, 0.4) is 0 Å². The number of pyridine rings is 1. The molecule has 0 radical (unpaired) electrons. The lowest BCUT2D eigenvalue weighted by Crippen LogP contribution is -2.44. The smallest absolute Gasteiger partial charge is 0.229 e. The Kier molecular flexibility index (Phi) is 2.42. The fraction of sp³-hybridized carbons (Fsp3) is 0.667. The highest BCUT2D eigenvalue weighted by Crippen LogP contribution is 2.61. The summed E-state index contributed by atoms with van der Waals surface area (Å²) < 4.78 is 14.1. The molecule has 1 aliphatic heterocycles. The molecule has 22 heavy (non-hydrogen) atoms. The van der Waals surface area contributed by atoms with E-state index in [4.69, 9.17) is 0 Å². The number of carbonyl (C=O) groups is 1. The minimum Gasteiger partial charge on any atom is -0.334 e. The summed E-state index contributed by atoms with van der Waals surface area (Å²) in [5.41, 5.74) is 1.68. The van der Waals surface area contributed by atoms with E-state index in [9.17, 15) is 9.18 Å². The topological polar surface area (TPSA) is 33.2 Å². The number of likely N-dealkylation sites (tertiary alicyclic amines) is 1. The van der Waals surface area contributed by atoms with Crippen molar-refractivity contribution in [3.05, 3.63) is 29.3 Å². The first-order chi connectivity index (χ1) is 10.6. The highest BCUT2D eigenvalue weighted by molar-refractivity contribution is 5.85. The van der Waals surface area contributed by atoms with Crippen LogP contribution in [0.1, 0.15) is 62.1 Å². The molecule has 3 fully saturated rings. The Morgan fingerprint density at radius 2 is 2.14 bits per heavy atom. The van der Waals surface area contributed by atoms with Crippen LogP contribution >= 0.6 is 0 Å². The normalized spacial score (nSPS) is 41.3. The van der Waals surface area contributed by atoms with E-state index in [-0.39, 0.29) is 23.2 Å². The summed E-state index contributed by atoms with van der Waals surface area (Å²) >= 11 is 0. The lowest BCUT2D eigenvalue weighted by Gasteiger charge is -2.42. The molecule has 3 nitrogen and oxygen atoms in total. The zero-order valence-electron chi connectivity index (χ0n) is 12.9. The second-order valence-corrected chi connectivity index (χ2v) is 7.96. The van der Waals surface area contributed by atoms with Gasteiger partial charge in [0.1, 0.15) is 5.82 Å². The summed E-state index contributed by atoms with van der Waals surface area (Å²) in [5.74, 6) is 1.44. The van der Waals surface area contributed by atoms with Gasteiger partial charge >= 0.3 is 0 Å². The summed E-state index contributed by atoms with van der Waals surface area (Å²) in [6, 6.07) is 0.0784. The van der Waals surface area contributed by atoms with Gasteiger partial charge < -0.3 is 4.90 Å². The third-order valence-electron chi connectivity index (χ3n) is 6.85. The van der Waals surface area contributed by atoms with Crippen molar-refractivity contribution in [2.75, 3.05) is 6.54 Å². The van der Waals surface area contributed by atoms with Crippen molar-refractivity contribution in [3.8, 4) is 0 Å². The van der Waals surface area contributed by atoms with Crippen molar-refractivity contribution >= 4 is 5.91 Å². The average molecular weight is 300 g/mol. The maximum atomic E-state index is 14.1. The summed E-state index contributed by atoms with van der Waals surface area (Å²) in [6.07, 6.45) is 8.72. The van der Waals surface area contributed by atoms with E-state index in [1.165, 1.54) is 19.0 Å². The van der Waals surface area contributed by atoms with Crippen LogP contribution in [0.5, 0.6) is 0 Å². The lowest BCUT2D eigenvalue weighted by atomic mass is 9.70. The molecule has 0 spiro atoms. The van der Waals surface area contributed by atoms with Crippen molar-refractivity contribution in [1.29, 1.82) is 0 Å². The molecule has 0 aromatic carbocycles. The van der Waals surface area contributed by atoms with Gasteiger partial charge in [0.15, 0.2) is 0 Å². The van der Waals surface area contributed by atoms with Gasteiger partial charge in [-0.2, -0.15) is 0 Å². The standard InChI is InChI=1S/C18H21FN2O/c1-10-9-21(17(22)18-4-2-11(6-18)3-5-18)16-12-7-20-8-13(19)15(12)14(10)16/h7-8,10-11,14,16H,2-6,9H2,1H3/t10-,11?,14?,16+,18?/m0/s1. The van der Waals surface area contributed by atoms with Gasteiger partial charge in [0, 0.05) is 35.2 Å². The van der Waals surface area contributed by atoms with E-state index in [0.29, 0.717) is 11.8 Å². The third kappa shape index (κ3) is 1.41. The van der Waals surface area contributed by atoms with Crippen molar-refractivity contribution in [1.82, 2.24) is 9.88 Å². The Morgan fingerprint density at radius 3 is 2.82 bits per heavy atom. The molecule has 5 rings (SSSR count). The number of rotatable bonds is 1. The monoisotopic (exact) mass is 300 g/mol.